The van der Waals surface area contributed by atoms with Crippen molar-refractivity contribution < 1.29 is 4.39 Å². The van der Waals surface area contributed by atoms with Gasteiger partial charge in [0.2, 0.25) is 0 Å². The van der Waals surface area contributed by atoms with Crippen molar-refractivity contribution in [1.29, 1.82) is 0 Å². The molecule has 1 fully saturated rings. The Morgan fingerprint density at radius 2 is 2.11 bits per heavy atom. The summed E-state index contributed by atoms with van der Waals surface area (Å²) in [5, 5.41) is 0. The molecule has 0 spiro atoms. The SMILES string of the molecule is CCN1CCN(C(CN)c2ccccc2F)CC1C. The Labute approximate surface area is 115 Å². The second kappa shape index (κ2) is 6.46. The predicted octanol–water partition coefficient (Wildman–Crippen LogP) is 1.85. The van der Waals surface area contributed by atoms with Crippen molar-refractivity contribution in [3.8, 4) is 0 Å². The van der Waals surface area contributed by atoms with Crippen molar-refractivity contribution in [1.82, 2.24) is 9.80 Å². The van der Waals surface area contributed by atoms with Crippen LogP contribution in [0.15, 0.2) is 24.3 Å². The molecule has 1 aliphatic heterocycles. The van der Waals surface area contributed by atoms with Crippen molar-refractivity contribution in [2.45, 2.75) is 25.9 Å². The number of halogens is 1. The first kappa shape index (κ1) is 14.4. The second-order valence-corrected chi connectivity index (χ2v) is 5.25. The molecule has 2 N–H and O–H groups in total. The topological polar surface area (TPSA) is 32.5 Å². The zero-order valence-electron chi connectivity index (χ0n) is 11.8. The highest BCUT2D eigenvalue weighted by atomic mass is 19.1. The van der Waals surface area contributed by atoms with Gasteiger partial charge in [0.1, 0.15) is 5.82 Å². The van der Waals surface area contributed by atoms with E-state index in [0.717, 1.165) is 31.7 Å². The Morgan fingerprint density at radius 1 is 1.37 bits per heavy atom. The van der Waals surface area contributed by atoms with E-state index in [9.17, 15) is 4.39 Å². The van der Waals surface area contributed by atoms with Crippen LogP contribution in [-0.4, -0.2) is 48.6 Å². The number of hydrogen-bond acceptors (Lipinski definition) is 3. The summed E-state index contributed by atoms with van der Waals surface area (Å²) >= 11 is 0. The molecule has 0 amide bonds. The normalized spacial score (nSPS) is 23.5. The fourth-order valence-electron chi connectivity index (χ4n) is 2.99. The molecule has 1 heterocycles. The Bertz CT molecular complexity index is 410. The summed E-state index contributed by atoms with van der Waals surface area (Å²) in [4.78, 5) is 4.76. The van der Waals surface area contributed by atoms with Crippen LogP contribution in [0.4, 0.5) is 4.39 Å². The highest BCUT2D eigenvalue weighted by Crippen LogP contribution is 2.25. The number of likely N-dealkylation sites (N-methyl/N-ethyl adjacent to an activating group) is 1. The molecule has 0 aromatic heterocycles. The Balaban J connectivity index is 2.13. The molecular weight excluding hydrogens is 241 g/mol. The van der Waals surface area contributed by atoms with Crippen LogP contribution in [0.2, 0.25) is 0 Å². The van der Waals surface area contributed by atoms with E-state index in [-0.39, 0.29) is 11.9 Å². The summed E-state index contributed by atoms with van der Waals surface area (Å²) in [5.74, 6) is -0.150. The van der Waals surface area contributed by atoms with Gasteiger partial charge in [0.05, 0.1) is 6.04 Å². The summed E-state index contributed by atoms with van der Waals surface area (Å²) in [6.45, 7) is 8.87. The summed E-state index contributed by atoms with van der Waals surface area (Å²) in [6.07, 6.45) is 0. The summed E-state index contributed by atoms with van der Waals surface area (Å²) in [6, 6.07) is 7.46. The lowest BCUT2D eigenvalue weighted by molar-refractivity contribution is 0.0596. The fourth-order valence-corrected chi connectivity index (χ4v) is 2.99. The first-order valence-electron chi connectivity index (χ1n) is 7.10. The average Bonchev–Trinajstić information content (AvgIpc) is 2.42. The second-order valence-electron chi connectivity index (χ2n) is 5.25. The van der Waals surface area contributed by atoms with Gasteiger partial charge in [-0.3, -0.25) is 9.80 Å². The third-order valence-electron chi connectivity index (χ3n) is 4.13. The van der Waals surface area contributed by atoms with Crippen molar-refractivity contribution in [3.05, 3.63) is 35.6 Å². The minimum atomic E-state index is -0.150. The quantitative estimate of drug-likeness (QED) is 0.902. The first-order valence-corrected chi connectivity index (χ1v) is 7.10. The fraction of sp³-hybridized carbons (Fsp3) is 0.600. The summed E-state index contributed by atoms with van der Waals surface area (Å²) < 4.78 is 13.9. The van der Waals surface area contributed by atoms with Gasteiger partial charge < -0.3 is 5.73 Å². The number of benzene rings is 1. The molecule has 2 unspecified atom stereocenters. The average molecular weight is 265 g/mol. The minimum Gasteiger partial charge on any atom is -0.329 e. The lowest BCUT2D eigenvalue weighted by Gasteiger charge is -2.42. The van der Waals surface area contributed by atoms with Gasteiger partial charge in [-0.05, 0) is 19.5 Å². The van der Waals surface area contributed by atoms with Crippen LogP contribution in [0.25, 0.3) is 0 Å². The maximum absolute atomic E-state index is 13.9. The van der Waals surface area contributed by atoms with Crippen molar-refractivity contribution in [2.24, 2.45) is 5.73 Å². The molecule has 0 saturated carbocycles. The predicted molar refractivity (Wildman–Crippen MR) is 76.5 cm³/mol. The highest BCUT2D eigenvalue weighted by molar-refractivity contribution is 5.22. The van der Waals surface area contributed by atoms with Gasteiger partial charge in [0.15, 0.2) is 0 Å². The number of piperazine rings is 1. The molecule has 0 radical (unpaired) electrons. The van der Waals surface area contributed by atoms with Crippen LogP contribution in [0.3, 0.4) is 0 Å². The van der Waals surface area contributed by atoms with Crippen LogP contribution in [0.5, 0.6) is 0 Å². The summed E-state index contributed by atoms with van der Waals surface area (Å²) in [7, 11) is 0. The lowest BCUT2D eigenvalue weighted by atomic mass is 10.0. The van der Waals surface area contributed by atoms with Crippen LogP contribution < -0.4 is 5.73 Å². The van der Waals surface area contributed by atoms with Crippen LogP contribution in [0, 0.1) is 5.82 Å². The first-order chi connectivity index (χ1) is 9.17. The molecule has 1 saturated heterocycles. The zero-order valence-corrected chi connectivity index (χ0v) is 11.8. The number of nitrogens with two attached hydrogens (primary N) is 1. The molecule has 1 aromatic carbocycles. The van der Waals surface area contributed by atoms with Crippen LogP contribution in [-0.2, 0) is 0 Å². The molecular formula is C15H24FN3. The van der Waals surface area contributed by atoms with Crippen LogP contribution in [0.1, 0.15) is 25.5 Å². The molecule has 2 rings (SSSR count). The van der Waals surface area contributed by atoms with E-state index in [2.05, 4.69) is 23.6 Å². The van der Waals surface area contributed by atoms with Gasteiger partial charge in [0, 0.05) is 37.8 Å². The van der Waals surface area contributed by atoms with E-state index < -0.39 is 0 Å². The zero-order chi connectivity index (χ0) is 13.8. The van der Waals surface area contributed by atoms with Crippen LogP contribution >= 0.6 is 0 Å². The van der Waals surface area contributed by atoms with E-state index in [1.165, 1.54) is 6.07 Å². The molecule has 1 aromatic rings. The molecule has 3 nitrogen and oxygen atoms in total. The van der Waals surface area contributed by atoms with E-state index >= 15 is 0 Å². The number of nitrogens with zero attached hydrogens (tertiary/aromatic N) is 2. The molecule has 0 bridgehead atoms. The van der Waals surface area contributed by atoms with Crippen molar-refractivity contribution in [3.63, 3.8) is 0 Å². The van der Waals surface area contributed by atoms with Gasteiger partial charge in [-0.25, -0.2) is 4.39 Å². The largest absolute Gasteiger partial charge is 0.329 e. The number of hydrogen-bond donors (Lipinski definition) is 1. The van der Waals surface area contributed by atoms with Crippen molar-refractivity contribution >= 4 is 0 Å². The molecule has 2 atom stereocenters. The Kier molecular flexibility index (Phi) is 4.91. The van der Waals surface area contributed by atoms with E-state index in [0.29, 0.717) is 12.6 Å². The van der Waals surface area contributed by atoms with Gasteiger partial charge in [0.25, 0.3) is 0 Å². The minimum absolute atomic E-state index is 0.0114. The van der Waals surface area contributed by atoms with E-state index in [1.807, 2.05) is 12.1 Å². The molecule has 0 aliphatic carbocycles. The van der Waals surface area contributed by atoms with Gasteiger partial charge in [-0.15, -0.1) is 0 Å². The van der Waals surface area contributed by atoms with E-state index in [4.69, 9.17) is 5.73 Å². The molecule has 106 valence electrons. The molecule has 19 heavy (non-hydrogen) atoms. The van der Waals surface area contributed by atoms with Gasteiger partial charge in [-0.1, -0.05) is 25.1 Å². The Morgan fingerprint density at radius 3 is 2.68 bits per heavy atom. The Hall–Kier alpha value is -0.970. The van der Waals surface area contributed by atoms with Crippen molar-refractivity contribution in [2.75, 3.05) is 32.7 Å². The standard InChI is InChI=1S/C15H24FN3/c1-3-18-8-9-19(11-12(18)2)15(10-17)13-6-4-5-7-14(13)16/h4-7,12,15H,3,8-11,17H2,1-2H3. The smallest absolute Gasteiger partial charge is 0.128 e. The third kappa shape index (κ3) is 3.14. The summed E-state index contributed by atoms with van der Waals surface area (Å²) in [5.41, 5.74) is 6.62. The molecule has 1 aliphatic rings. The third-order valence-corrected chi connectivity index (χ3v) is 4.13. The maximum Gasteiger partial charge on any atom is 0.128 e. The molecule has 4 heteroatoms. The lowest BCUT2D eigenvalue weighted by Crippen LogP contribution is -2.53. The number of rotatable bonds is 4. The van der Waals surface area contributed by atoms with E-state index in [1.54, 1.807) is 6.07 Å². The maximum atomic E-state index is 13.9. The van der Waals surface area contributed by atoms with Gasteiger partial charge >= 0.3 is 0 Å². The van der Waals surface area contributed by atoms with Gasteiger partial charge in [-0.2, -0.15) is 0 Å². The monoisotopic (exact) mass is 265 g/mol. The highest BCUT2D eigenvalue weighted by Gasteiger charge is 2.28.